The Balaban J connectivity index is 2.02. The fraction of sp³-hybridized carbons (Fsp3) is 0.261. The van der Waals surface area contributed by atoms with Crippen molar-refractivity contribution < 1.29 is 13.2 Å². The number of para-hydroxylation sites is 1. The predicted molar refractivity (Wildman–Crippen MR) is 123 cm³/mol. The van der Waals surface area contributed by atoms with Gasteiger partial charge in [0.25, 0.3) is 5.56 Å². The molecule has 4 aromatic rings. The van der Waals surface area contributed by atoms with Crippen molar-refractivity contribution in [1.82, 2.24) is 24.1 Å². The minimum Gasteiger partial charge on any atom is -0.368 e. The number of anilines is 2. The molecule has 3 aromatic heterocycles. The largest absolute Gasteiger partial charge is 0.418 e. The lowest BCUT2D eigenvalue weighted by Crippen LogP contribution is -2.36. The van der Waals surface area contributed by atoms with Crippen LogP contribution in [-0.4, -0.2) is 30.7 Å². The fourth-order valence-electron chi connectivity index (χ4n) is 4.07. The third-order valence-corrected chi connectivity index (χ3v) is 5.69. The summed E-state index contributed by atoms with van der Waals surface area (Å²) in [6.07, 6.45) is -3.63. The summed E-state index contributed by atoms with van der Waals surface area (Å²) >= 11 is 0. The van der Waals surface area contributed by atoms with E-state index in [-0.39, 0.29) is 23.2 Å². The molecule has 0 amide bonds. The highest BCUT2D eigenvalue weighted by Gasteiger charge is 2.36. The van der Waals surface area contributed by atoms with Gasteiger partial charge in [-0.2, -0.15) is 28.5 Å². The Kier molecular flexibility index (Phi) is 5.94. The molecule has 0 saturated carbocycles. The molecule has 0 aliphatic carbocycles. The number of nitrogens with two attached hydrogens (primary N) is 1. The third kappa shape index (κ3) is 4.05. The maximum absolute atomic E-state index is 13.6. The van der Waals surface area contributed by atoms with Gasteiger partial charge in [-0.25, -0.2) is 9.50 Å². The van der Waals surface area contributed by atoms with Gasteiger partial charge in [0.05, 0.1) is 23.0 Å². The van der Waals surface area contributed by atoms with Crippen molar-refractivity contribution in [3.8, 4) is 11.8 Å². The smallest absolute Gasteiger partial charge is 0.368 e. The van der Waals surface area contributed by atoms with Crippen LogP contribution in [0, 0.1) is 18.3 Å². The van der Waals surface area contributed by atoms with E-state index < -0.39 is 28.9 Å². The van der Waals surface area contributed by atoms with E-state index in [1.807, 2.05) is 6.92 Å². The van der Waals surface area contributed by atoms with Gasteiger partial charge >= 0.3 is 6.18 Å². The highest BCUT2D eigenvalue weighted by molar-refractivity contribution is 5.60. The summed E-state index contributed by atoms with van der Waals surface area (Å²) in [5, 5.41) is 14.1. The Morgan fingerprint density at radius 1 is 1.20 bits per heavy atom. The number of hydrogen-bond donors (Lipinski definition) is 1. The van der Waals surface area contributed by atoms with Crippen molar-refractivity contribution >= 4 is 17.3 Å². The molecule has 0 aliphatic rings. The standard InChI is InChI=1S/C23H21F3N8O/c1-4-32(20-16(12-27)13(2)29-22(28)30-20)14(3)19-31-33-11-10-17(23(24,25)26)18(33)21(35)34(19)15-8-6-5-7-9-15/h5-11,14H,4H2,1-3H3,(H2,28,29,30)/t14-/m0/s1. The van der Waals surface area contributed by atoms with Gasteiger partial charge in [0, 0.05) is 12.7 Å². The summed E-state index contributed by atoms with van der Waals surface area (Å²) in [7, 11) is 0. The lowest BCUT2D eigenvalue weighted by molar-refractivity contribution is -0.136. The summed E-state index contributed by atoms with van der Waals surface area (Å²) < 4.78 is 43.0. The SMILES string of the molecule is CCN(c1nc(N)nc(C)c1C#N)[C@@H](C)c1nn2ccc(C(F)(F)F)c2c(=O)n1-c1ccccc1. The fourth-order valence-corrected chi connectivity index (χ4v) is 4.07. The van der Waals surface area contributed by atoms with Crippen LogP contribution in [0.4, 0.5) is 24.9 Å². The zero-order valence-electron chi connectivity index (χ0n) is 19.1. The zero-order valence-corrected chi connectivity index (χ0v) is 19.1. The van der Waals surface area contributed by atoms with Gasteiger partial charge in [0.15, 0.2) is 11.6 Å². The zero-order chi connectivity index (χ0) is 25.5. The van der Waals surface area contributed by atoms with Crippen molar-refractivity contribution in [2.45, 2.75) is 33.0 Å². The maximum atomic E-state index is 13.6. The van der Waals surface area contributed by atoms with Crippen molar-refractivity contribution in [1.29, 1.82) is 5.26 Å². The van der Waals surface area contributed by atoms with Gasteiger partial charge in [-0.3, -0.25) is 9.36 Å². The van der Waals surface area contributed by atoms with Crippen molar-refractivity contribution in [3.63, 3.8) is 0 Å². The number of aromatic nitrogens is 5. The van der Waals surface area contributed by atoms with Gasteiger partial charge in [0.2, 0.25) is 5.95 Å². The highest BCUT2D eigenvalue weighted by atomic mass is 19.4. The number of hydrogen-bond acceptors (Lipinski definition) is 7. The number of benzene rings is 1. The monoisotopic (exact) mass is 482 g/mol. The first-order chi connectivity index (χ1) is 16.6. The van der Waals surface area contributed by atoms with E-state index in [9.17, 15) is 23.2 Å². The predicted octanol–water partition coefficient (Wildman–Crippen LogP) is 3.64. The van der Waals surface area contributed by atoms with Crippen molar-refractivity contribution in [2.24, 2.45) is 0 Å². The van der Waals surface area contributed by atoms with E-state index in [0.717, 1.165) is 21.3 Å². The summed E-state index contributed by atoms with van der Waals surface area (Å²) in [4.78, 5) is 23.5. The average molecular weight is 482 g/mol. The van der Waals surface area contributed by atoms with Crippen molar-refractivity contribution in [2.75, 3.05) is 17.2 Å². The molecule has 4 rings (SSSR count). The first kappa shape index (κ1) is 23.7. The number of aryl methyl sites for hydroxylation is 1. The molecule has 0 aliphatic heterocycles. The summed E-state index contributed by atoms with van der Waals surface area (Å²) in [5.74, 6) is 0.356. The molecule has 0 radical (unpaired) electrons. The molecule has 0 fully saturated rings. The van der Waals surface area contributed by atoms with Gasteiger partial charge in [-0.05, 0) is 39.0 Å². The number of nitrogen functional groups attached to an aromatic ring is 1. The molecule has 1 atom stereocenters. The molecule has 3 heterocycles. The Bertz CT molecular complexity index is 1500. The number of fused-ring (bicyclic) bond motifs is 1. The lowest BCUT2D eigenvalue weighted by Gasteiger charge is -2.31. The molecule has 12 heteroatoms. The summed E-state index contributed by atoms with van der Waals surface area (Å²) in [6.45, 7) is 5.49. The minimum atomic E-state index is -4.73. The van der Waals surface area contributed by atoms with Crippen LogP contribution in [0.2, 0.25) is 0 Å². The molecule has 0 unspecified atom stereocenters. The normalized spacial score (nSPS) is 12.5. The molecular weight excluding hydrogens is 461 g/mol. The van der Waals surface area contributed by atoms with E-state index in [1.54, 1.807) is 49.1 Å². The average Bonchev–Trinajstić information content (AvgIpc) is 3.25. The number of nitrogens with zero attached hydrogens (tertiary/aromatic N) is 7. The molecule has 0 bridgehead atoms. The van der Waals surface area contributed by atoms with Crippen LogP contribution in [0.3, 0.4) is 0 Å². The van der Waals surface area contributed by atoms with Gasteiger partial charge in [-0.1, -0.05) is 18.2 Å². The molecule has 2 N–H and O–H groups in total. The van der Waals surface area contributed by atoms with E-state index in [4.69, 9.17) is 5.73 Å². The van der Waals surface area contributed by atoms with Crippen LogP contribution in [0.5, 0.6) is 0 Å². The first-order valence-corrected chi connectivity index (χ1v) is 10.7. The second-order valence-electron chi connectivity index (χ2n) is 7.79. The van der Waals surface area contributed by atoms with E-state index in [1.165, 1.54) is 0 Å². The van der Waals surface area contributed by atoms with Crippen LogP contribution in [0.15, 0.2) is 47.4 Å². The van der Waals surface area contributed by atoms with Crippen molar-refractivity contribution in [3.05, 3.63) is 75.6 Å². The number of halogens is 3. The molecule has 35 heavy (non-hydrogen) atoms. The Morgan fingerprint density at radius 3 is 2.49 bits per heavy atom. The Labute approximate surface area is 197 Å². The van der Waals surface area contributed by atoms with Crippen LogP contribution in [0.1, 0.15) is 42.5 Å². The van der Waals surface area contributed by atoms with Gasteiger partial charge in [0.1, 0.15) is 17.1 Å². The molecule has 9 nitrogen and oxygen atoms in total. The van der Waals surface area contributed by atoms with E-state index >= 15 is 0 Å². The highest BCUT2D eigenvalue weighted by Crippen LogP contribution is 2.33. The molecule has 0 saturated heterocycles. The van der Waals surface area contributed by atoms with Gasteiger partial charge < -0.3 is 10.6 Å². The van der Waals surface area contributed by atoms with Gasteiger partial charge in [-0.15, -0.1) is 0 Å². The molecule has 180 valence electrons. The quantitative estimate of drug-likeness (QED) is 0.461. The minimum absolute atomic E-state index is 0.0359. The molecule has 0 spiro atoms. The second-order valence-corrected chi connectivity index (χ2v) is 7.79. The molecular formula is C23H21F3N8O. The Hall–Kier alpha value is -4.40. The van der Waals surface area contributed by atoms with E-state index in [0.29, 0.717) is 17.9 Å². The lowest BCUT2D eigenvalue weighted by atomic mass is 10.1. The number of alkyl halides is 3. The molecule has 1 aromatic carbocycles. The number of nitriles is 1. The van der Waals surface area contributed by atoms with Crippen LogP contribution >= 0.6 is 0 Å². The second kappa shape index (κ2) is 8.75. The maximum Gasteiger partial charge on any atom is 0.418 e. The topological polar surface area (TPSA) is 118 Å². The summed E-state index contributed by atoms with van der Waals surface area (Å²) in [5.41, 5.74) is 4.23. The van der Waals surface area contributed by atoms with Crippen LogP contribution < -0.4 is 16.2 Å². The third-order valence-electron chi connectivity index (χ3n) is 5.69. The van der Waals surface area contributed by atoms with Crippen LogP contribution in [0.25, 0.3) is 11.2 Å². The first-order valence-electron chi connectivity index (χ1n) is 10.7. The van der Waals surface area contributed by atoms with Crippen LogP contribution in [-0.2, 0) is 6.18 Å². The summed E-state index contributed by atoms with van der Waals surface area (Å²) in [6, 6.07) is 10.5. The van der Waals surface area contributed by atoms with E-state index in [2.05, 4.69) is 21.1 Å². The Morgan fingerprint density at radius 2 is 1.89 bits per heavy atom. The number of rotatable bonds is 5.